The van der Waals surface area contributed by atoms with E-state index in [1.54, 1.807) is 0 Å². The van der Waals surface area contributed by atoms with Gasteiger partial charge in [-0.05, 0) is 63.4 Å². The molecule has 2 aliphatic heterocycles. The van der Waals surface area contributed by atoms with Gasteiger partial charge >= 0.3 is 0 Å². The molecule has 0 saturated carbocycles. The Balaban J connectivity index is 1.69. The molecule has 0 spiro atoms. The average Bonchev–Trinajstić information content (AvgIpc) is 3.01. The SMILES string of the molecule is Cc1cc(N2CC[C@H](N3CCC[C@@H]3C)C2)ccc1N. The Morgan fingerprint density at radius 2 is 2.05 bits per heavy atom. The van der Waals surface area contributed by atoms with Crippen molar-refractivity contribution >= 4 is 11.4 Å². The minimum atomic E-state index is 0.746. The summed E-state index contributed by atoms with van der Waals surface area (Å²) < 4.78 is 0. The number of aryl methyl sites for hydroxylation is 1. The van der Waals surface area contributed by atoms with E-state index in [0.717, 1.165) is 17.8 Å². The number of benzene rings is 1. The molecule has 2 saturated heterocycles. The van der Waals surface area contributed by atoms with Crippen molar-refractivity contribution in [3.63, 3.8) is 0 Å². The Labute approximate surface area is 116 Å². The molecule has 19 heavy (non-hydrogen) atoms. The number of hydrogen-bond donors (Lipinski definition) is 1. The highest BCUT2D eigenvalue weighted by atomic mass is 15.3. The number of nitrogen functional groups attached to an aromatic ring is 1. The molecule has 3 rings (SSSR count). The fraction of sp³-hybridized carbons (Fsp3) is 0.625. The second-order valence-corrected chi connectivity index (χ2v) is 6.16. The summed E-state index contributed by atoms with van der Waals surface area (Å²) in [7, 11) is 0. The quantitative estimate of drug-likeness (QED) is 0.829. The van der Waals surface area contributed by atoms with Crippen LogP contribution in [0.3, 0.4) is 0 Å². The van der Waals surface area contributed by atoms with Crippen molar-refractivity contribution in [1.29, 1.82) is 0 Å². The van der Waals surface area contributed by atoms with E-state index >= 15 is 0 Å². The summed E-state index contributed by atoms with van der Waals surface area (Å²) in [5.74, 6) is 0. The van der Waals surface area contributed by atoms with Crippen molar-refractivity contribution in [3.8, 4) is 0 Å². The van der Waals surface area contributed by atoms with Crippen molar-refractivity contribution in [2.75, 3.05) is 30.3 Å². The summed E-state index contributed by atoms with van der Waals surface area (Å²) in [6.45, 7) is 8.11. The third kappa shape index (κ3) is 2.44. The maximum Gasteiger partial charge on any atom is 0.0370 e. The Morgan fingerprint density at radius 3 is 2.74 bits per heavy atom. The first kappa shape index (κ1) is 12.8. The zero-order valence-electron chi connectivity index (χ0n) is 12.1. The van der Waals surface area contributed by atoms with Gasteiger partial charge in [0, 0.05) is 36.5 Å². The Bertz CT molecular complexity index is 457. The van der Waals surface area contributed by atoms with Crippen molar-refractivity contribution in [3.05, 3.63) is 23.8 Å². The lowest BCUT2D eigenvalue weighted by molar-refractivity contribution is 0.204. The summed E-state index contributed by atoms with van der Waals surface area (Å²) in [4.78, 5) is 5.23. The van der Waals surface area contributed by atoms with Gasteiger partial charge < -0.3 is 10.6 Å². The monoisotopic (exact) mass is 259 g/mol. The Morgan fingerprint density at radius 1 is 1.21 bits per heavy atom. The maximum atomic E-state index is 5.91. The molecule has 3 nitrogen and oxygen atoms in total. The predicted molar refractivity (Wildman–Crippen MR) is 81.6 cm³/mol. The molecule has 2 N–H and O–H groups in total. The first-order chi connectivity index (χ1) is 9.15. The molecule has 104 valence electrons. The molecule has 0 unspecified atom stereocenters. The molecule has 2 aliphatic rings. The zero-order chi connectivity index (χ0) is 13.4. The number of rotatable bonds is 2. The highest BCUT2D eigenvalue weighted by molar-refractivity contribution is 5.58. The van der Waals surface area contributed by atoms with Gasteiger partial charge in [-0.25, -0.2) is 0 Å². The van der Waals surface area contributed by atoms with Crippen molar-refractivity contribution in [2.24, 2.45) is 0 Å². The number of hydrogen-bond acceptors (Lipinski definition) is 3. The largest absolute Gasteiger partial charge is 0.399 e. The van der Waals surface area contributed by atoms with Gasteiger partial charge in [-0.15, -0.1) is 0 Å². The number of likely N-dealkylation sites (tertiary alicyclic amines) is 1. The summed E-state index contributed by atoms with van der Waals surface area (Å²) >= 11 is 0. The molecule has 0 aliphatic carbocycles. The lowest BCUT2D eigenvalue weighted by atomic mass is 10.1. The molecule has 3 heteroatoms. The van der Waals surface area contributed by atoms with E-state index < -0.39 is 0 Å². The molecule has 0 radical (unpaired) electrons. The highest BCUT2D eigenvalue weighted by Gasteiger charge is 2.32. The molecule has 0 amide bonds. The summed E-state index contributed by atoms with van der Waals surface area (Å²) in [5.41, 5.74) is 9.33. The average molecular weight is 259 g/mol. The molecule has 2 atom stereocenters. The fourth-order valence-electron chi connectivity index (χ4n) is 3.60. The smallest absolute Gasteiger partial charge is 0.0370 e. The summed E-state index contributed by atoms with van der Waals surface area (Å²) in [5, 5.41) is 0. The molecule has 1 aromatic rings. The van der Waals surface area contributed by atoms with Crippen molar-refractivity contribution < 1.29 is 0 Å². The van der Waals surface area contributed by atoms with Crippen LogP contribution in [0.1, 0.15) is 31.7 Å². The molecule has 0 aromatic heterocycles. The van der Waals surface area contributed by atoms with Crippen LogP contribution in [0.25, 0.3) is 0 Å². The minimum Gasteiger partial charge on any atom is -0.399 e. The first-order valence-electron chi connectivity index (χ1n) is 7.52. The van der Waals surface area contributed by atoms with Gasteiger partial charge in [-0.2, -0.15) is 0 Å². The number of nitrogens with two attached hydrogens (primary N) is 1. The van der Waals surface area contributed by atoms with E-state index in [4.69, 9.17) is 5.73 Å². The standard InChI is InChI=1S/C16H25N3/c1-12-10-14(5-6-16(12)17)18-9-7-15(11-18)19-8-3-4-13(19)2/h5-6,10,13,15H,3-4,7-9,11,17H2,1-2H3/t13-,15-/m0/s1. The molecule has 0 bridgehead atoms. The maximum absolute atomic E-state index is 5.91. The Kier molecular flexibility index (Phi) is 3.40. The van der Waals surface area contributed by atoms with Gasteiger partial charge in [-0.3, -0.25) is 4.90 Å². The molecule has 2 heterocycles. The van der Waals surface area contributed by atoms with E-state index in [1.165, 1.54) is 50.1 Å². The second-order valence-electron chi connectivity index (χ2n) is 6.16. The van der Waals surface area contributed by atoms with Crippen LogP contribution in [0.4, 0.5) is 11.4 Å². The van der Waals surface area contributed by atoms with E-state index in [2.05, 4.69) is 35.8 Å². The lowest BCUT2D eigenvalue weighted by Gasteiger charge is -2.28. The molecule has 1 aromatic carbocycles. The Hall–Kier alpha value is -1.22. The van der Waals surface area contributed by atoms with Crippen LogP contribution in [-0.4, -0.2) is 36.6 Å². The molecular formula is C16H25N3. The summed E-state index contributed by atoms with van der Waals surface area (Å²) in [6, 6.07) is 7.95. The summed E-state index contributed by atoms with van der Waals surface area (Å²) in [6.07, 6.45) is 4.05. The predicted octanol–water partition coefficient (Wildman–Crippen LogP) is 2.64. The van der Waals surface area contributed by atoms with Crippen molar-refractivity contribution in [2.45, 2.75) is 45.2 Å². The molecular weight excluding hydrogens is 234 g/mol. The van der Waals surface area contributed by atoms with Crippen LogP contribution in [0.5, 0.6) is 0 Å². The van der Waals surface area contributed by atoms with Gasteiger partial charge in [0.1, 0.15) is 0 Å². The van der Waals surface area contributed by atoms with Crippen LogP contribution >= 0.6 is 0 Å². The van der Waals surface area contributed by atoms with Crippen molar-refractivity contribution in [1.82, 2.24) is 4.90 Å². The van der Waals surface area contributed by atoms with Gasteiger partial charge in [0.25, 0.3) is 0 Å². The zero-order valence-corrected chi connectivity index (χ0v) is 12.1. The van der Waals surface area contributed by atoms with E-state index in [0.29, 0.717) is 0 Å². The van der Waals surface area contributed by atoms with Gasteiger partial charge in [-0.1, -0.05) is 0 Å². The van der Waals surface area contributed by atoms with Crippen LogP contribution in [0.15, 0.2) is 18.2 Å². The molecule has 2 fully saturated rings. The number of nitrogens with zero attached hydrogens (tertiary/aromatic N) is 2. The minimum absolute atomic E-state index is 0.746. The second kappa shape index (κ2) is 5.04. The van der Waals surface area contributed by atoms with Gasteiger partial charge in [0.15, 0.2) is 0 Å². The van der Waals surface area contributed by atoms with Gasteiger partial charge in [0.2, 0.25) is 0 Å². The topological polar surface area (TPSA) is 32.5 Å². The normalized spacial score (nSPS) is 28.2. The van der Waals surface area contributed by atoms with Crippen LogP contribution in [0, 0.1) is 6.92 Å². The fourth-order valence-corrected chi connectivity index (χ4v) is 3.60. The third-order valence-corrected chi connectivity index (χ3v) is 4.86. The van der Waals surface area contributed by atoms with E-state index in [-0.39, 0.29) is 0 Å². The number of anilines is 2. The highest BCUT2D eigenvalue weighted by Crippen LogP contribution is 2.29. The van der Waals surface area contributed by atoms with E-state index in [9.17, 15) is 0 Å². The van der Waals surface area contributed by atoms with Crippen LogP contribution in [-0.2, 0) is 0 Å². The lowest BCUT2D eigenvalue weighted by Crippen LogP contribution is -2.39. The third-order valence-electron chi connectivity index (χ3n) is 4.86. The van der Waals surface area contributed by atoms with E-state index in [1.807, 2.05) is 6.07 Å². The van der Waals surface area contributed by atoms with Crippen LogP contribution in [0.2, 0.25) is 0 Å². The van der Waals surface area contributed by atoms with Gasteiger partial charge in [0.05, 0.1) is 0 Å². The first-order valence-corrected chi connectivity index (χ1v) is 7.52. The van der Waals surface area contributed by atoms with Crippen LogP contribution < -0.4 is 10.6 Å².